The summed E-state index contributed by atoms with van der Waals surface area (Å²) in [6.07, 6.45) is 2.78. The number of aromatic nitrogens is 1. The fraction of sp³-hybridized carbons (Fsp3) is 0.312. The topological polar surface area (TPSA) is 24.9 Å². The van der Waals surface area contributed by atoms with Gasteiger partial charge in [-0.3, -0.25) is 4.98 Å². The van der Waals surface area contributed by atoms with Crippen molar-refractivity contribution in [3.05, 3.63) is 64.9 Å². The Morgan fingerprint density at radius 1 is 1.11 bits per heavy atom. The number of rotatable bonds is 5. The number of halogens is 1. The van der Waals surface area contributed by atoms with Crippen molar-refractivity contribution in [1.82, 2.24) is 10.3 Å². The van der Waals surface area contributed by atoms with Crippen molar-refractivity contribution in [2.75, 3.05) is 0 Å². The van der Waals surface area contributed by atoms with Gasteiger partial charge in [0.1, 0.15) is 0 Å². The van der Waals surface area contributed by atoms with Gasteiger partial charge in [0.25, 0.3) is 0 Å². The average molecular weight is 275 g/mol. The number of hydrogen-bond acceptors (Lipinski definition) is 2. The Bertz CT molecular complexity index is 506. The molecule has 0 aliphatic carbocycles. The van der Waals surface area contributed by atoms with Gasteiger partial charge in [0.2, 0.25) is 0 Å². The third-order valence-corrected chi connectivity index (χ3v) is 3.29. The summed E-state index contributed by atoms with van der Waals surface area (Å²) in [5.74, 6) is 0. The van der Waals surface area contributed by atoms with Crippen molar-refractivity contribution < 1.29 is 0 Å². The van der Waals surface area contributed by atoms with Gasteiger partial charge in [-0.05, 0) is 50.1 Å². The molecule has 2 nitrogen and oxygen atoms in total. The van der Waals surface area contributed by atoms with Crippen molar-refractivity contribution in [1.29, 1.82) is 0 Å². The Morgan fingerprint density at radius 2 is 1.84 bits per heavy atom. The van der Waals surface area contributed by atoms with E-state index in [0.29, 0.717) is 0 Å². The van der Waals surface area contributed by atoms with Crippen LogP contribution in [0.15, 0.2) is 48.7 Å². The van der Waals surface area contributed by atoms with E-state index in [1.807, 2.05) is 36.5 Å². The van der Waals surface area contributed by atoms with Gasteiger partial charge in [0.05, 0.1) is 5.69 Å². The molecule has 0 amide bonds. The normalized spacial score (nSPS) is 11.5. The van der Waals surface area contributed by atoms with E-state index in [1.165, 1.54) is 5.56 Å². The Balaban J connectivity index is 1.93. The van der Waals surface area contributed by atoms with Crippen molar-refractivity contribution in [2.24, 2.45) is 0 Å². The zero-order chi connectivity index (χ0) is 13.7. The lowest BCUT2D eigenvalue weighted by molar-refractivity contribution is 0.382. The van der Waals surface area contributed by atoms with Crippen LogP contribution in [0.1, 0.15) is 25.1 Å². The monoisotopic (exact) mass is 274 g/mol. The van der Waals surface area contributed by atoms with Crippen LogP contribution in [0.3, 0.4) is 0 Å². The van der Waals surface area contributed by atoms with Gasteiger partial charge in [0.15, 0.2) is 0 Å². The molecule has 0 radical (unpaired) electrons. The smallest absolute Gasteiger partial charge is 0.0541 e. The van der Waals surface area contributed by atoms with Crippen molar-refractivity contribution >= 4 is 11.6 Å². The predicted octanol–water partition coefficient (Wildman–Crippen LogP) is 3.85. The molecule has 19 heavy (non-hydrogen) atoms. The van der Waals surface area contributed by atoms with Crippen LogP contribution >= 0.6 is 11.6 Å². The summed E-state index contributed by atoms with van der Waals surface area (Å²) in [6, 6.07) is 14.0. The molecule has 0 bridgehead atoms. The molecule has 2 aromatic rings. The molecule has 1 aromatic carbocycles. The number of benzene rings is 1. The molecular weight excluding hydrogens is 256 g/mol. The summed E-state index contributed by atoms with van der Waals surface area (Å²) in [4.78, 5) is 4.32. The molecule has 1 N–H and O–H groups in total. The van der Waals surface area contributed by atoms with Gasteiger partial charge in [-0.2, -0.15) is 0 Å². The largest absolute Gasteiger partial charge is 0.306 e. The van der Waals surface area contributed by atoms with E-state index >= 15 is 0 Å². The number of pyridine rings is 1. The SMILES string of the molecule is CC(C)(Cc1ccc(Cl)cc1)NCc1ccccn1. The third kappa shape index (κ3) is 4.66. The summed E-state index contributed by atoms with van der Waals surface area (Å²) in [7, 11) is 0. The molecule has 0 spiro atoms. The second-order valence-electron chi connectivity index (χ2n) is 5.36. The van der Waals surface area contributed by atoms with Crippen LogP contribution in [0, 0.1) is 0 Å². The highest BCUT2D eigenvalue weighted by molar-refractivity contribution is 6.30. The van der Waals surface area contributed by atoms with Crippen molar-refractivity contribution in [2.45, 2.75) is 32.4 Å². The summed E-state index contributed by atoms with van der Waals surface area (Å²) >= 11 is 5.90. The van der Waals surface area contributed by atoms with E-state index in [9.17, 15) is 0 Å². The lowest BCUT2D eigenvalue weighted by Gasteiger charge is -2.26. The Morgan fingerprint density at radius 3 is 2.47 bits per heavy atom. The first-order chi connectivity index (χ1) is 9.05. The van der Waals surface area contributed by atoms with Crippen LogP contribution < -0.4 is 5.32 Å². The maximum atomic E-state index is 5.90. The first-order valence-corrected chi connectivity index (χ1v) is 6.82. The highest BCUT2D eigenvalue weighted by Crippen LogP contribution is 2.16. The summed E-state index contributed by atoms with van der Waals surface area (Å²) < 4.78 is 0. The minimum Gasteiger partial charge on any atom is -0.306 e. The molecule has 3 heteroatoms. The van der Waals surface area contributed by atoms with Gasteiger partial charge in [0, 0.05) is 23.3 Å². The maximum Gasteiger partial charge on any atom is 0.0541 e. The molecule has 0 unspecified atom stereocenters. The second kappa shape index (κ2) is 6.18. The quantitative estimate of drug-likeness (QED) is 0.896. The third-order valence-electron chi connectivity index (χ3n) is 3.03. The van der Waals surface area contributed by atoms with E-state index < -0.39 is 0 Å². The summed E-state index contributed by atoms with van der Waals surface area (Å²) in [5.41, 5.74) is 2.36. The maximum absolute atomic E-state index is 5.90. The van der Waals surface area contributed by atoms with E-state index in [2.05, 4.69) is 36.3 Å². The molecule has 0 aliphatic heterocycles. The molecule has 1 heterocycles. The molecule has 2 rings (SSSR count). The number of nitrogens with one attached hydrogen (secondary N) is 1. The highest BCUT2D eigenvalue weighted by atomic mass is 35.5. The summed E-state index contributed by atoms with van der Waals surface area (Å²) in [6.45, 7) is 5.18. The minimum absolute atomic E-state index is 0.0192. The zero-order valence-corrected chi connectivity index (χ0v) is 12.1. The molecule has 100 valence electrons. The average Bonchev–Trinajstić information content (AvgIpc) is 2.40. The van der Waals surface area contributed by atoms with E-state index in [4.69, 9.17) is 11.6 Å². The number of nitrogens with zero attached hydrogens (tertiary/aromatic N) is 1. The highest BCUT2D eigenvalue weighted by Gasteiger charge is 2.17. The van der Waals surface area contributed by atoms with Gasteiger partial charge < -0.3 is 5.32 Å². The van der Waals surface area contributed by atoms with E-state index in [1.54, 1.807) is 0 Å². The predicted molar refractivity (Wildman–Crippen MR) is 80.3 cm³/mol. The Kier molecular flexibility index (Phi) is 4.56. The molecule has 0 saturated heterocycles. The van der Waals surface area contributed by atoms with Crippen LogP contribution in [0.25, 0.3) is 0 Å². The first kappa shape index (κ1) is 14.0. The minimum atomic E-state index is 0.0192. The molecule has 0 aliphatic rings. The van der Waals surface area contributed by atoms with Crippen LogP contribution in [-0.4, -0.2) is 10.5 Å². The van der Waals surface area contributed by atoms with Crippen molar-refractivity contribution in [3.63, 3.8) is 0 Å². The van der Waals surface area contributed by atoms with Crippen LogP contribution in [0.4, 0.5) is 0 Å². The lowest BCUT2D eigenvalue weighted by Crippen LogP contribution is -2.40. The molecule has 0 saturated carbocycles. The zero-order valence-electron chi connectivity index (χ0n) is 11.4. The molecule has 0 fully saturated rings. The van der Waals surface area contributed by atoms with Crippen molar-refractivity contribution in [3.8, 4) is 0 Å². The van der Waals surface area contributed by atoms with Crippen LogP contribution in [-0.2, 0) is 13.0 Å². The molecule has 0 atom stereocenters. The second-order valence-corrected chi connectivity index (χ2v) is 5.80. The fourth-order valence-electron chi connectivity index (χ4n) is 2.01. The fourth-order valence-corrected chi connectivity index (χ4v) is 2.13. The van der Waals surface area contributed by atoms with Crippen LogP contribution in [0.2, 0.25) is 5.02 Å². The van der Waals surface area contributed by atoms with E-state index in [0.717, 1.165) is 23.7 Å². The van der Waals surface area contributed by atoms with Gasteiger partial charge in [-0.1, -0.05) is 29.8 Å². The summed E-state index contributed by atoms with van der Waals surface area (Å²) in [5, 5.41) is 4.32. The van der Waals surface area contributed by atoms with Gasteiger partial charge in [-0.15, -0.1) is 0 Å². The van der Waals surface area contributed by atoms with Gasteiger partial charge in [-0.25, -0.2) is 0 Å². The lowest BCUT2D eigenvalue weighted by atomic mass is 9.95. The van der Waals surface area contributed by atoms with Crippen LogP contribution in [0.5, 0.6) is 0 Å². The molecular formula is C16H19ClN2. The Labute approximate surface area is 119 Å². The number of hydrogen-bond donors (Lipinski definition) is 1. The first-order valence-electron chi connectivity index (χ1n) is 6.45. The Hall–Kier alpha value is -1.38. The molecule has 1 aromatic heterocycles. The standard InChI is InChI=1S/C16H19ClN2/c1-16(2,11-13-6-8-14(17)9-7-13)19-12-15-5-3-4-10-18-15/h3-10,19H,11-12H2,1-2H3. The van der Waals surface area contributed by atoms with E-state index in [-0.39, 0.29) is 5.54 Å². The van der Waals surface area contributed by atoms with Gasteiger partial charge >= 0.3 is 0 Å².